The molecule has 0 aliphatic carbocycles. The summed E-state index contributed by atoms with van der Waals surface area (Å²) in [5, 5.41) is 3.74. The minimum absolute atomic E-state index is 0.578. The molecule has 126 valence electrons. The van der Waals surface area contributed by atoms with Gasteiger partial charge in [0.15, 0.2) is 5.76 Å². The minimum Gasteiger partial charge on any atom is -0.489 e. The van der Waals surface area contributed by atoms with Crippen molar-refractivity contribution in [1.82, 2.24) is 10.1 Å². The van der Waals surface area contributed by atoms with Crippen LogP contribution in [0.5, 0.6) is 5.75 Å². The summed E-state index contributed by atoms with van der Waals surface area (Å²) in [6.07, 6.45) is 5.79. The first kappa shape index (κ1) is 15.3. The maximum Gasteiger partial charge on any atom is 0.155 e. The zero-order valence-corrected chi connectivity index (χ0v) is 13.8. The highest BCUT2D eigenvalue weighted by Crippen LogP contribution is 2.23. The van der Waals surface area contributed by atoms with Gasteiger partial charge in [-0.25, -0.2) is 0 Å². The van der Waals surface area contributed by atoms with Crippen LogP contribution in [0.3, 0.4) is 0 Å². The molecule has 1 aromatic heterocycles. The van der Waals surface area contributed by atoms with E-state index in [2.05, 4.69) is 51.6 Å². The molecule has 0 atom stereocenters. The summed E-state index contributed by atoms with van der Waals surface area (Å²) in [7, 11) is 0. The van der Waals surface area contributed by atoms with E-state index in [1.807, 2.05) is 36.4 Å². The Bertz CT molecular complexity index is 814. The zero-order valence-electron chi connectivity index (χ0n) is 13.8. The first-order valence-corrected chi connectivity index (χ1v) is 8.22. The summed E-state index contributed by atoms with van der Waals surface area (Å²) < 4.78 is 11.0. The van der Waals surface area contributed by atoms with Gasteiger partial charge >= 0.3 is 0 Å². The highest BCUT2D eigenvalue weighted by molar-refractivity contribution is 5.52. The molecule has 25 heavy (non-hydrogen) atoms. The van der Waals surface area contributed by atoms with E-state index >= 15 is 0 Å². The van der Waals surface area contributed by atoms with Gasteiger partial charge in [-0.15, -0.1) is 0 Å². The van der Waals surface area contributed by atoms with Gasteiger partial charge in [0, 0.05) is 24.2 Å². The maximum atomic E-state index is 5.83. The van der Waals surface area contributed by atoms with Gasteiger partial charge in [-0.1, -0.05) is 35.5 Å². The van der Waals surface area contributed by atoms with Gasteiger partial charge in [0.1, 0.15) is 12.4 Å². The van der Waals surface area contributed by atoms with Crippen LogP contribution in [0.2, 0.25) is 0 Å². The second-order valence-corrected chi connectivity index (χ2v) is 5.90. The summed E-state index contributed by atoms with van der Waals surface area (Å²) in [6.45, 7) is 2.07. The van der Waals surface area contributed by atoms with Crippen molar-refractivity contribution in [3.8, 4) is 5.75 Å². The fourth-order valence-electron chi connectivity index (χ4n) is 2.73. The molecule has 3 aromatic rings. The van der Waals surface area contributed by atoms with E-state index in [1.165, 1.54) is 0 Å². The summed E-state index contributed by atoms with van der Waals surface area (Å²) in [5.41, 5.74) is 2.29. The molecule has 0 radical (unpaired) electrons. The van der Waals surface area contributed by atoms with Crippen LogP contribution in [0.1, 0.15) is 11.3 Å². The van der Waals surface area contributed by atoms with Crippen LogP contribution in [-0.2, 0) is 13.2 Å². The number of ether oxygens (including phenoxy) is 1. The lowest BCUT2D eigenvalue weighted by Crippen LogP contribution is -2.24. The molecular formula is C20H19N3O2. The van der Waals surface area contributed by atoms with Crippen molar-refractivity contribution in [2.45, 2.75) is 13.2 Å². The van der Waals surface area contributed by atoms with Crippen molar-refractivity contribution in [2.24, 2.45) is 0 Å². The van der Waals surface area contributed by atoms with Gasteiger partial charge in [-0.05, 0) is 29.8 Å². The van der Waals surface area contributed by atoms with Crippen LogP contribution >= 0.6 is 0 Å². The average Bonchev–Trinajstić information content (AvgIpc) is 3.34. The third kappa shape index (κ3) is 3.83. The molecule has 1 aliphatic heterocycles. The molecule has 0 saturated heterocycles. The van der Waals surface area contributed by atoms with Gasteiger partial charge in [0.05, 0.1) is 19.4 Å². The first-order chi connectivity index (χ1) is 12.4. The highest BCUT2D eigenvalue weighted by atomic mass is 16.5. The Morgan fingerprint density at radius 3 is 2.56 bits per heavy atom. The van der Waals surface area contributed by atoms with Crippen LogP contribution in [0.4, 0.5) is 5.69 Å². The molecule has 2 heterocycles. The fraction of sp³-hybridized carbons (Fsp3) is 0.150. The summed E-state index contributed by atoms with van der Waals surface area (Å²) in [4.78, 5) is 4.34. The number of aromatic nitrogens is 1. The molecule has 5 heteroatoms. The van der Waals surface area contributed by atoms with Crippen molar-refractivity contribution in [2.75, 3.05) is 11.6 Å². The monoisotopic (exact) mass is 333 g/mol. The number of rotatable bonds is 6. The predicted molar refractivity (Wildman–Crippen MR) is 95.7 cm³/mol. The lowest BCUT2D eigenvalue weighted by atomic mass is 10.2. The van der Waals surface area contributed by atoms with Crippen LogP contribution in [0.15, 0.2) is 83.8 Å². The summed E-state index contributed by atoms with van der Waals surface area (Å²) >= 11 is 0. The Kier molecular flexibility index (Phi) is 4.37. The lowest BCUT2D eigenvalue weighted by molar-refractivity contribution is 0.306. The van der Waals surface area contributed by atoms with Gasteiger partial charge in [-0.3, -0.25) is 0 Å². The van der Waals surface area contributed by atoms with Crippen molar-refractivity contribution in [3.05, 3.63) is 90.6 Å². The lowest BCUT2D eigenvalue weighted by Gasteiger charge is -2.20. The van der Waals surface area contributed by atoms with Crippen LogP contribution in [0, 0.1) is 0 Å². The topological polar surface area (TPSA) is 41.7 Å². The Balaban J connectivity index is 1.32. The molecule has 4 rings (SSSR count). The molecule has 2 aromatic carbocycles. The van der Waals surface area contributed by atoms with E-state index in [-0.39, 0.29) is 0 Å². The number of nitrogens with zero attached hydrogens (tertiary/aromatic N) is 3. The average molecular weight is 333 g/mol. The Morgan fingerprint density at radius 2 is 1.80 bits per heavy atom. The highest BCUT2D eigenvalue weighted by Gasteiger charge is 2.15. The number of hydrogen-bond donors (Lipinski definition) is 0. The van der Waals surface area contributed by atoms with Gasteiger partial charge in [0.25, 0.3) is 0 Å². The normalized spacial score (nSPS) is 13.4. The third-order valence-electron chi connectivity index (χ3n) is 4.06. The van der Waals surface area contributed by atoms with Crippen molar-refractivity contribution in [1.29, 1.82) is 0 Å². The largest absolute Gasteiger partial charge is 0.489 e. The van der Waals surface area contributed by atoms with Crippen molar-refractivity contribution < 1.29 is 9.26 Å². The molecule has 1 aliphatic rings. The van der Waals surface area contributed by atoms with Gasteiger partial charge in [-0.2, -0.15) is 0 Å². The Morgan fingerprint density at radius 1 is 0.960 bits per heavy atom. The van der Waals surface area contributed by atoms with Gasteiger partial charge < -0.3 is 19.1 Å². The quantitative estimate of drug-likeness (QED) is 0.682. The number of hydrogen-bond acceptors (Lipinski definition) is 5. The standard InChI is InChI=1S/C20H19N3O2/c1-2-4-17(5-3-1)15-24-19-8-6-18(7-9-19)23-13-12-22(16-23)14-20-10-11-21-25-20/h1-13H,14-16H2. The molecule has 0 unspecified atom stereocenters. The predicted octanol–water partition coefficient (Wildman–Crippen LogP) is 4.00. The fourth-order valence-corrected chi connectivity index (χ4v) is 2.73. The molecule has 0 fully saturated rings. The third-order valence-corrected chi connectivity index (χ3v) is 4.06. The maximum absolute atomic E-state index is 5.83. The SMILES string of the molecule is C1=CN(c2ccc(OCc3ccccc3)cc2)CN1Cc1ccno1. The van der Waals surface area contributed by atoms with E-state index in [9.17, 15) is 0 Å². The first-order valence-electron chi connectivity index (χ1n) is 8.22. The summed E-state index contributed by atoms with van der Waals surface area (Å²) in [5.74, 6) is 1.73. The minimum atomic E-state index is 0.578. The Hall–Kier alpha value is -3.21. The van der Waals surface area contributed by atoms with E-state index < -0.39 is 0 Å². The van der Waals surface area contributed by atoms with E-state index in [1.54, 1.807) is 6.20 Å². The van der Waals surface area contributed by atoms with E-state index in [0.717, 1.165) is 29.4 Å². The van der Waals surface area contributed by atoms with Gasteiger partial charge in [0.2, 0.25) is 0 Å². The number of benzene rings is 2. The van der Waals surface area contributed by atoms with Crippen molar-refractivity contribution in [3.63, 3.8) is 0 Å². The molecule has 0 spiro atoms. The van der Waals surface area contributed by atoms with Crippen LogP contribution in [-0.4, -0.2) is 16.7 Å². The second kappa shape index (κ2) is 7.13. The zero-order chi connectivity index (χ0) is 16.9. The molecule has 0 saturated carbocycles. The second-order valence-electron chi connectivity index (χ2n) is 5.90. The van der Waals surface area contributed by atoms with Crippen LogP contribution < -0.4 is 9.64 Å². The summed E-state index contributed by atoms with van der Waals surface area (Å²) in [6, 6.07) is 20.2. The smallest absolute Gasteiger partial charge is 0.155 e. The van der Waals surface area contributed by atoms with E-state index in [4.69, 9.17) is 9.26 Å². The molecular weight excluding hydrogens is 314 g/mol. The molecule has 0 N–H and O–H groups in total. The van der Waals surface area contributed by atoms with E-state index in [0.29, 0.717) is 13.2 Å². The number of anilines is 1. The molecule has 5 nitrogen and oxygen atoms in total. The van der Waals surface area contributed by atoms with Crippen LogP contribution in [0.25, 0.3) is 0 Å². The van der Waals surface area contributed by atoms with Crippen molar-refractivity contribution >= 4 is 5.69 Å². The Labute approximate surface area is 146 Å². The molecule has 0 bridgehead atoms. The molecule has 0 amide bonds.